The monoisotopic (exact) mass is 366 g/mol. The highest BCUT2D eigenvalue weighted by Gasteiger charge is 2.22. The second kappa shape index (κ2) is 9.31. The molecule has 0 aromatic heterocycles. The highest BCUT2D eigenvalue weighted by atomic mass is 16.5. The molecule has 27 heavy (non-hydrogen) atoms. The van der Waals surface area contributed by atoms with E-state index in [2.05, 4.69) is 76.0 Å². The zero-order valence-electron chi connectivity index (χ0n) is 16.5. The summed E-state index contributed by atoms with van der Waals surface area (Å²) in [5.74, 6) is 2.36. The maximum atomic E-state index is 5.48. The molecule has 0 aliphatic carbocycles. The van der Waals surface area contributed by atoms with Gasteiger partial charge in [-0.1, -0.05) is 30.3 Å². The molecule has 5 nitrogen and oxygen atoms in total. The number of methoxy groups -OCH3 is 1. The van der Waals surface area contributed by atoms with Gasteiger partial charge in [-0.25, -0.2) is 0 Å². The van der Waals surface area contributed by atoms with E-state index in [-0.39, 0.29) is 0 Å². The molecule has 1 atom stereocenters. The number of ether oxygens (including phenoxy) is 1. The van der Waals surface area contributed by atoms with E-state index in [1.165, 1.54) is 17.7 Å². The molecule has 2 N–H and O–H groups in total. The van der Waals surface area contributed by atoms with Crippen molar-refractivity contribution in [3.8, 4) is 5.75 Å². The number of anilines is 1. The number of aliphatic imine (C=N–C) groups is 1. The summed E-state index contributed by atoms with van der Waals surface area (Å²) in [7, 11) is 3.52. The molecule has 0 amide bonds. The first-order chi connectivity index (χ1) is 13.2. The standard InChI is InChI=1S/C22H30N4O/c1-17-9-10-19(21(13-17)27-3)15-25-22(23-2)24-14-18-11-12-26(16-18)20-7-5-4-6-8-20/h4-10,13,18H,11-12,14-16H2,1-3H3,(H2,23,24,25). The molecular weight excluding hydrogens is 336 g/mol. The van der Waals surface area contributed by atoms with Crippen molar-refractivity contribution in [2.24, 2.45) is 10.9 Å². The predicted octanol–water partition coefficient (Wildman–Crippen LogP) is 3.20. The summed E-state index contributed by atoms with van der Waals surface area (Å²) < 4.78 is 5.48. The number of benzene rings is 2. The van der Waals surface area contributed by atoms with Gasteiger partial charge in [0.15, 0.2) is 5.96 Å². The number of rotatable bonds is 6. The summed E-state index contributed by atoms with van der Waals surface area (Å²) >= 11 is 0. The SMILES string of the molecule is CN=C(NCc1ccc(C)cc1OC)NCC1CCN(c2ccccc2)C1. The molecule has 0 spiro atoms. The molecule has 0 bridgehead atoms. The zero-order valence-corrected chi connectivity index (χ0v) is 16.5. The van der Waals surface area contributed by atoms with Gasteiger partial charge in [-0.15, -0.1) is 0 Å². The Balaban J connectivity index is 1.47. The third-order valence-corrected chi connectivity index (χ3v) is 5.08. The zero-order chi connectivity index (χ0) is 19.1. The fraction of sp³-hybridized carbons (Fsp3) is 0.409. The lowest BCUT2D eigenvalue weighted by Crippen LogP contribution is -2.40. The molecule has 1 aliphatic heterocycles. The lowest BCUT2D eigenvalue weighted by atomic mass is 10.1. The summed E-state index contributed by atoms with van der Waals surface area (Å²) in [6.07, 6.45) is 1.20. The molecule has 1 heterocycles. The lowest BCUT2D eigenvalue weighted by molar-refractivity contribution is 0.408. The number of para-hydroxylation sites is 1. The molecule has 1 fully saturated rings. The third-order valence-electron chi connectivity index (χ3n) is 5.08. The van der Waals surface area contributed by atoms with Crippen LogP contribution in [-0.4, -0.2) is 39.8 Å². The number of nitrogens with zero attached hydrogens (tertiary/aromatic N) is 2. The van der Waals surface area contributed by atoms with E-state index >= 15 is 0 Å². The molecule has 1 unspecified atom stereocenters. The van der Waals surface area contributed by atoms with E-state index in [9.17, 15) is 0 Å². The van der Waals surface area contributed by atoms with E-state index in [0.29, 0.717) is 12.5 Å². The van der Waals surface area contributed by atoms with Crippen LogP contribution in [0.2, 0.25) is 0 Å². The van der Waals surface area contributed by atoms with Crippen LogP contribution in [0.1, 0.15) is 17.5 Å². The van der Waals surface area contributed by atoms with Gasteiger partial charge in [0, 0.05) is 44.5 Å². The maximum absolute atomic E-state index is 5.48. The van der Waals surface area contributed by atoms with Gasteiger partial charge >= 0.3 is 0 Å². The van der Waals surface area contributed by atoms with Gasteiger partial charge in [-0.3, -0.25) is 4.99 Å². The number of hydrogen-bond donors (Lipinski definition) is 2. The second-order valence-electron chi connectivity index (χ2n) is 7.06. The minimum atomic E-state index is 0.623. The molecular formula is C22H30N4O. The van der Waals surface area contributed by atoms with Gasteiger partial charge < -0.3 is 20.3 Å². The smallest absolute Gasteiger partial charge is 0.191 e. The van der Waals surface area contributed by atoms with Gasteiger partial charge in [-0.2, -0.15) is 0 Å². The van der Waals surface area contributed by atoms with E-state index in [4.69, 9.17) is 4.74 Å². The fourth-order valence-electron chi connectivity index (χ4n) is 3.51. The molecule has 2 aromatic rings. The largest absolute Gasteiger partial charge is 0.496 e. The van der Waals surface area contributed by atoms with Crippen LogP contribution in [0.5, 0.6) is 5.75 Å². The first kappa shape index (κ1) is 19.1. The quantitative estimate of drug-likeness (QED) is 0.609. The Hall–Kier alpha value is -2.69. The van der Waals surface area contributed by atoms with Gasteiger partial charge in [0.25, 0.3) is 0 Å². The summed E-state index contributed by atoms with van der Waals surface area (Å²) in [6, 6.07) is 16.9. The van der Waals surface area contributed by atoms with Gasteiger partial charge in [-0.05, 0) is 43.0 Å². The van der Waals surface area contributed by atoms with Crippen LogP contribution < -0.4 is 20.3 Å². The number of nitrogens with one attached hydrogen (secondary N) is 2. The summed E-state index contributed by atoms with van der Waals surface area (Å²) in [6.45, 7) is 5.88. The Morgan fingerprint density at radius 3 is 2.74 bits per heavy atom. The first-order valence-electron chi connectivity index (χ1n) is 9.57. The Labute approximate surface area is 162 Å². The van der Waals surface area contributed by atoms with E-state index in [1.54, 1.807) is 7.11 Å². The maximum Gasteiger partial charge on any atom is 0.191 e. The van der Waals surface area contributed by atoms with Crippen molar-refractivity contribution in [2.75, 3.05) is 38.7 Å². The predicted molar refractivity (Wildman–Crippen MR) is 113 cm³/mol. The average Bonchev–Trinajstić information content (AvgIpc) is 3.18. The topological polar surface area (TPSA) is 48.9 Å². The number of aryl methyl sites for hydroxylation is 1. The van der Waals surface area contributed by atoms with Crippen molar-refractivity contribution in [1.29, 1.82) is 0 Å². The van der Waals surface area contributed by atoms with E-state index in [0.717, 1.165) is 36.9 Å². The number of guanidine groups is 1. The lowest BCUT2D eigenvalue weighted by Gasteiger charge is -2.19. The van der Waals surface area contributed by atoms with Crippen molar-refractivity contribution in [2.45, 2.75) is 19.9 Å². The highest BCUT2D eigenvalue weighted by molar-refractivity contribution is 5.79. The van der Waals surface area contributed by atoms with Crippen LogP contribution in [0.4, 0.5) is 5.69 Å². The Bertz CT molecular complexity index is 760. The second-order valence-corrected chi connectivity index (χ2v) is 7.06. The van der Waals surface area contributed by atoms with Crippen LogP contribution >= 0.6 is 0 Å². The molecule has 144 valence electrons. The van der Waals surface area contributed by atoms with Crippen molar-refractivity contribution < 1.29 is 4.74 Å². The van der Waals surface area contributed by atoms with Crippen LogP contribution in [-0.2, 0) is 6.54 Å². The van der Waals surface area contributed by atoms with Crippen LogP contribution in [0.15, 0.2) is 53.5 Å². The number of hydrogen-bond acceptors (Lipinski definition) is 3. The van der Waals surface area contributed by atoms with E-state index in [1.807, 2.05) is 7.05 Å². The van der Waals surface area contributed by atoms with Crippen LogP contribution in [0, 0.1) is 12.8 Å². The van der Waals surface area contributed by atoms with Crippen molar-refractivity contribution in [3.05, 3.63) is 59.7 Å². The van der Waals surface area contributed by atoms with Gasteiger partial charge in [0.1, 0.15) is 5.75 Å². The van der Waals surface area contributed by atoms with Gasteiger partial charge in [0.2, 0.25) is 0 Å². The molecule has 2 aromatic carbocycles. The van der Waals surface area contributed by atoms with Crippen LogP contribution in [0.25, 0.3) is 0 Å². The Kier molecular flexibility index (Phi) is 6.58. The van der Waals surface area contributed by atoms with Crippen molar-refractivity contribution >= 4 is 11.6 Å². The first-order valence-corrected chi connectivity index (χ1v) is 9.57. The summed E-state index contributed by atoms with van der Waals surface area (Å²) in [4.78, 5) is 6.81. The molecule has 0 radical (unpaired) electrons. The minimum absolute atomic E-state index is 0.623. The normalized spacial score (nSPS) is 17.1. The molecule has 5 heteroatoms. The molecule has 1 saturated heterocycles. The Morgan fingerprint density at radius 1 is 1.19 bits per heavy atom. The van der Waals surface area contributed by atoms with E-state index < -0.39 is 0 Å². The van der Waals surface area contributed by atoms with Crippen molar-refractivity contribution in [3.63, 3.8) is 0 Å². The third kappa shape index (κ3) is 5.16. The minimum Gasteiger partial charge on any atom is -0.496 e. The van der Waals surface area contributed by atoms with Crippen LogP contribution in [0.3, 0.4) is 0 Å². The summed E-state index contributed by atoms with van der Waals surface area (Å²) in [5, 5.41) is 6.87. The van der Waals surface area contributed by atoms with Crippen molar-refractivity contribution in [1.82, 2.24) is 10.6 Å². The molecule has 0 saturated carbocycles. The molecule has 3 rings (SSSR count). The Morgan fingerprint density at radius 2 is 2.00 bits per heavy atom. The average molecular weight is 367 g/mol. The fourth-order valence-corrected chi connectivity index (χ4v) is 3.51. The molecule has 1 aliphatic rings. The van der Waals surface area contributed by atoms with Gasteiger partial charge in [0.05, 0.1) is 7.11 Å². The highest BCUT2D eigenvalue weighted by Crippen LogP contribution is 2.23. The summed E-state index contributed by atoms with van der Waals surface area (Å²) in [5.41, 5.74) is 3.64.